The van der Waals surface area contributed by atoms with Gasteiger partial charge in [-0.1, -0.05) is 103 Å². The summed E-state index contributed by atoms with van der Waals surface area (Å²) in [5, 5.41) is 0. The standard InChI is InChI=1S/C25H42O3/c1-3-5-7-8-9-10-11-12-13-14-15-16-22-27-28-25(26)24-20-18-23(19-21-24)17-6-4-2/h18-21H,3-17,22H2,1-2H3. The highest BCUT2D eigenvalue weighted by molar-refractivity contribution is 5.88. The van der Waals surface area contributed by atoms with Gasteiger partial charge in [-0.05, 0) is 37.0 Å². The van der Waals surface area contributed by atoms with Gasteiger partial charge in [0, 0.05) is 0 Å². The zero-order chi connectivity index (χ0) is 20.3. The first kappa shape index (κ1) is 24.7. The summed E-state index contributed by atoms with van der Waals surface area (Å²) >= 11 is 0. The van der Waals surface area contributed by atoms with Crippen molar-refractivity contribution < 1.29 is 14.6 Å². The third-order valence-corrected chi connectivity index (χ3v) is 5.22. The van der Waals surface area contributed by atoms with Gasteiger partial charge in [0.05, 0.1) is 12.2 Å². The summed E-state index contributed by atoms with van der Waals surface area (Å²) in [6.07, 6.45) is 19.1. The van der Waals surface area contributed by atoms with Crippen LogP contribution >= 0.6 is 0 Å². The van der Waals surface area contributed by atoms with Gasteiger partial charge >= 0.3 is 5.97 Å². The zero-order valence-corrected chi connectivity index (χ0v) is 18.3. The van der Waals surface area contributed by atoms with Crippen molar-refractivity contribution in [2.75, 3.05) is 6.61 Å². The Hall–Kier alpha value is -1.35. The average Bonchev–Trinajstić information content (AvgIpc) is 2.72. The third kappa shape index (κ3) is 12.9. The Morgan fingerprint density at radius 3 is 1.71 bits per heavy atom. The quantitative estimate of drug-likeness (QED) is 0.146. The Bertz CT molecular complexity index is 481. The lowest BCUT2D eigenvalue weighted by molar-refractivity contribution is -0.241. The van der Waals surface area contributed by atoms with E-state index in [1.54, 1.807) is 0 Å². The van der Waals surface area contributed by atoms with Crippen molar-refractivity contribution >= 4 is 5.97 Å². The van der Waals surface area contributed by atoms with Crippen molar-refractivity contribution in [2.24, 2.45) is 0 Å². The van der Waals surface area contributed by atoms with E-state index in [-0.39, 0.29) is 0 Å². The van der Waals surface area contributed by atoms with Gasteiger partial charge in [-0.15, -0.1) is 0 Å². The van der Waals surface area contributed by atoms with Crippen LogP contribution in [0.1, 0.15) is 120 Å². The van der Waals surface area contributed by atoms with Gasteiger partial charge in [0.15, 0.2) is 0 Å². The van der Waals surface area contributed by atoms with Crippen LogP contribution in [0.5, 0.6) is 0 Å². The molecular weight excluding hydrogens is 348 g/mol. The fourth-order valence-corrected chi connectivity index (χ4v) is 3.33. The zero-order valence-electron chi connectivity index (χ0n) is 18.3. The number of aryl methyl sites for hydroxylation is 1. The molecule has 0 heterocycles. The van der Waals surface area contributed by atoms with Crippen molar-refractivity contribution in [3.05, 3.63) is 35.4 Å². The van der Waals surface area contributed by atoms with Gasteiger partial charge in [-0.3, -0.25) is 4.89 Å². The molecule has 3 heteroatoms. The third-order valence-electron chi connectivity index (χ3n) is 5.22. The molecule has 0 unspecified atom stereocenters. The summed E-state index contributed by atoms with van der Waals surface area (Å²) in [7, 11) is 0. The van der Waals surface area contributed by atoms with Gasteiger partial charge in [-0.25, -0.2) is 4.79 Å². The fraction of sp³-hybridized carbons (Fsp3) is 0.720. The minimum atomic E-state index is -0.402. The van der Waals surface area contributed by atoms with E-state index in [4.69, 9.17) is 9.78 Å². The second kappa shape index (κ2) is 17.7. The molecule has 0 saturated carbocycles. The summed E-state index contributed by atoms with van der Waals surface area (Å²) in [5.41, 5.74) is 1.81. The summed E-state index contributed by atoms with van der Waals surface area (Å²) in [4.78, 5) is 21.9. The van der Waals surface area contributed by atoms with E-state index < -0.39 is 5.97 Å². The second-order valence-corrected chi connectivity index (χ2v) is 7.88. The molecule has 0 fully saturated rings. The van der Waals surface area contributed by atoms with Crippen LogP contribution in [0.3, 0.4) is 0 Å². The maximum atomic E-state index is 11.9. The first-order chi connectivity index (χ1) is 13.8. The number of carbonyl (C=O) groups excluding carboxylic acids is 1. The van der Waals surface area contributed by atoms with Gasteiger partial charge in [0.25, 0.3) is 0 Å². The lowest BCUT2D eigenvalue weighted by Crippen LogP contribution is -2.07. The van der Waals surface area contributed by atoms with Gasteiger partial charge < -0.3 is 0 Å². The molecule has 0 saturated heterocycles. The van der Waals surface area contributed by atoms with Gasteiger partial charge in [-0.2, -0.15) is 4.89 Å². The van der Waals surface area contributed by atoms with Gasteiger partial charge in [0.2, 0.25) is 0 Å². The Balaban J connectivity index is 1.92. The molecule has 0 aliphatic carbocycles. The predicted octanol–water partition coefficient (Wildman–Crippen LogP) is 7.82. The number of hydrogen-bond donors (Lipinski definition) is 0. The summed E-state index contributed by atoms with van der Waals surface area (Å²) in [6, 6.07) is 7.63. The lowest BCUT2D eigenvalue weighted by atomic mass is 10.1. The van der Waals surface area contributed by atoms with Crippen LogP contribution in [0.2, 0.25) is 0 Å². The number of rotatable bonds is 18. The molecule has 0 bridgehead atoms. The molecule has 3 nitrogen and oxygen atoms in total. The van der Waals surface area contributed by atoms with Crippen LogP contribution in [0, 0.1) is 0 Å². The molecule has 1 rings (SSSR count). The molecule has 28 heavy (non-hydrogen) atoms. The minimum Gasteiger partial charge on any atom is -0.293 e. The minimum absolute atomic E-state index is 0.402. The maximum Gasteiger partial charge on any atom is 0.373 e. The molecule has 0 radical (unpaired) electrons. The van der Waals surface area contributed by atoms with E-state index in [9.17, 15) is 4.79 Å². The summed E-state index contributed by atoms with van der Waals surface area (Å²) in [5.74, 6) is -0.402. The largest absolute Gasteiger partial charge is 0.373 e. The highest BCUT2D eigenvalue weighted by Gasteiger charge is 2.08. The number of benzene rings is 1. The Morgan fingerprint density at radius 1 is 0.679 bits per heavy atom. The molecular formula is C25H42O3. The van der Waals surface area contributed by atoms with Crippen molar-refractivity contribution in [3.8, 4) is 0 Å². The van der Waals surface area contributed by atoms with E-state index in [0.717, 1.165) is 19.3 Å². The van der Waals surface area contributed by atoms with E-state index in [1.807, 2.05) is 24.3 Å². The van der Waals surface area contributed by atoms with Gasteiger partial charge in [0.1, 0.15) is 0 Å². The molecule has 1 aromatic carbocycles. The van der Waals surface area contributed by atoms with Crippen LogP contribution in [-0.2, 0) is 16.2 Å². The Morgan fingerprint density at radius 2 is 1.18 bits per heavy atom. The van der Waals surface area contributed by atoms with E-state index in [2.05, 4.69) is 13.8 Å². The number of carbonyl (C=O) groups is 1. The SMILES string of the molecule is CCCCCCCCCCCCCCOOC(=O)c1ccc(CCCC)cc1. The topological polar surface area (TPSA) is 35.5 Å². The van der Waals surface area contributed by atoms with Crippen LogP contribution in [0.25, 0.3) is 0 Å². The molecule has 160 valence electrons. The maximum absolute atomic E-state index is 11.9. The van der Waals surface area contributed by atoms with Crippen molar-refractivity contribution in [3.63, 3.8) is 0 Å². The van der Waals surface area contributed by atoms with Crippen LogP contribution in [0.4, 0.5) is 0 Å². The number of unbranched alkanes of at least 4 members (excludes halogenated alkanes) is 12. The molecule has 0 N–H and O–H groups in total. The second-order valence-electron chi connectivity index (χ2n) is 7.88. The van der Waals surface area contributed by atoms with Crippen molar-refractivity contribution in [1.29, 1.82) is 0 Å². The fourth-order valence-electron chi connectivity index (χ4n) is 3.33. The highest BCUT2D eigenvalue weighted by atomic mass is 17.2. The predicted molar refractivity (Wildman–Crippen MR) is 117 cm³/mol. The van der Waals surface area contributed by atoms with Crippen LogP contribution in [0.15, 0.2) is 24.3 Å². The summed E-state index contributed by atoms with van der Waals surface area (Å²) in [6.45, 7) is 4.93. The summed E-state index contributed by atoms with van der Waals surface area (Å²) < 4.78 is 0. The molecule has 1 aromatic rings. The van der Waals surface area contributed by atoms with E-state index in [1.165, 1.54) is 82.6 Å². The lowest BCUT2D eigenvalue weighted by Gasteiger charge is -2.05. The Labute approximate surface area is 173 Å². The monoisotopic (exact) mass is 390 g/mol. The molecule has 0 aliphatic heterocycles. The van der Waals surface area contributed by atoms with E-state index >= 15 is 0 Å². The molecule has 0 aliphatic rings. The Kier molecular flexibility index (Phi) is 15.6. The average molecular weight is 391 g/mol. The molecule has 0 atom stereocenters. The van der Waals surface area contributed by atoms with Crippen LogP contribution < -0.4 is 0 Å². The smallest absolute Gasteiger partial charge is 0.293 e. The van der Waals surface area contributed by atoms with E-state index in [0.29, 0.717) is 12.2 Å². The normalized spacial score (nSPS) is 10.9. The number of hydrogen-bond acceptors (Lipinski definition) is 3. The van der Waals surface area contributed by atoms with Crippen molar-refractivity contribution in [2.45, 2.75) is 110 Å². The molecule has 0 amide bonds. The molecule has 0 spiro atoms. The molecule has 0 aromatic heterocycles. The first-order valence-corrected chi connectivity index (χ1v) is 11.7. The first-order valence-electron chi connectivity index (χ1n) is 11.7. The van der Waals surface area contributed by atoms with Crippen molar-refractivity contribution in [1.82, 2.24) is 0 Å². The van der Waals surface area contributed by atoms with Crippen LogP contribution in [-0.4, -0.2) is 12.6 Å². The highest BCUT2D eigenvalue weighted by Crippen LogP contribution is 2.12.